The Hall–Kier alpha value is -2.87. The fourth-order valence-corrected chi connectivity index (χ4v) is 2.58. The third-order valence-corrected chi connectivity index (χ3v) is 3.83. The minimum Gasteiger partial charge on any atom is -0.475 e. The number of hydrogen-bond donors (Lipinski definition) is 2. The highest BCUT2D eigenvalue weighted by atomic mass is 32.2. The minimum absolute atomic E-state index is 0.125. The van der Waals surface area contributed by atoms with Crippen molar-refractivity contribution >= 4 is 17.7 Å². The highest BCUT2D eigenvalue weighted by Crippen LogP contribution is 2.20. The Labute approximate surface area is 134 Å². The Morgan fingerprint density at radius 2 is 1.96 bits per heavy atom. The third kappa shape index (κ3) is 3.49. The molecule has 0 radical (unpaired) electrons. The van der Waals surface area contributed by atoms with E-state index in [0.717, 1.165) is 0 Å². The standard InChI is InChI=1S/C15H11N3O4S/c19-13-12(9-4-2-1-3-5-9)17-18-15(16-13)23-8-10-6-7-11(22-10)14(20)21/h1-7H,8H2,(H,20,21)(H,16,18,19). The molecule has 0 saturated carbocycles. The molecule has 0 fully saturated rings. The fourth-order valence-electron chi connectivity index (χ4n) is 1.88. The maximum atomic E-state index is 12.1. The number of carboxylic acid groups (broad SMARTS) is 1. The van der Waals surface area contributed by atoms with E-state index in [1.807, 2.05) is 18.2 Å². The van der Waals surface area contributed by atoms with Crippen molar-refractivity contribution in [3.8, 4) is 11.3 Å². The number of benzene rings is 1. The molecule has 116 valence electrons. The van der Waals surface area contributed by atoms with Crippen LogP contribution < -0.4 is 5.56 Å². The molecule has 0 spiro atoms. The summed E-state index contributed by atoms with van der Waals surface area (Å²) in [6, 6.07) is 12.0. The predicted molar refractivity (Wildman–Crippen MR) is 83.3 cm³/mol. The maximum Gasteiger partial charge on any atom is 0.371 e. The summed E-state index contributed by atoms with van der Waals surface area (Å²) in [5.74, 6) is -0.439. The van der Waals surface area contributed by atoms with Gasteiger partial charge in [0.15, 0.2) is 10.9 Å². The highest BCUT2D eigenvalue weighted by molar-refractivity contribution is 7.98. The van der Waals surface area contributed by atoms with Crippen molar-refractivity contribution in [1.82, 2.24) is 15.2 Å². The van der Waals surface area contributed by atoms with Crippen molar-refractivity contribution in [2.75, 3.05) is 0 Å². The lowest BCUT2D eigenvalue weighted by molar-refractivity contribution is 0.0661. The fraction of sp³-hybridized carbons (Fsp3) is 0.0667. The molecule has 0 saturated heterocycles. The molecular weight excluding hydrogens is 318 g/mol. The summed E-state index contributed by atoms with van der Waals surface area (Å²) in [5, 5.41) is 17.1. The lowest BCUT2D eigenvalue weighted by Gasteiger charge is -2.01. The van der Waals surface area contributed by atoms with Gasteiger partial charge in [0.2, 0.25) is 5.76 Å². The van der Waals surface area contributed by atoms with Gasteiger partial charge < -0.3 is 9.52 Å². The zero-order valence-electron chi connectivity index (χ0n) is 11.7. The zero-order chi connectivity index (χ0) is 16.2. The van der Waals surface area contributed by atoms with Crippen LogP contribution in [0, 0.1) is 0 Å². The molecule has 7 nitrogen and oxygen atoms in total. The summed E-state index contributed by atoms with van der Waals surface area (Å²) >= 11 is 1.20. The van der Waals surface area contributed by atoms with Gasteiger partial charge in [0.25, 0.3) is 5.56 Å². The Morgan fingerprint density at radius 3 is 2.61 bits per heavy atom. The molecule has 0 aliphatic rings. The Morgan fingerprint density at radius 1 is 1.17 bits per heavy atom. The second kappa shape index (κ2) is 6.49. The van der Waals surface area contributed by atoms with Gasteiger partial charge in [-0.2, -0.15) is 0 Å². The number of aromatic amines is 1. The molecule has 3 aromatic rings. The Bertz CT molecular complexity index is 889. The first kappa shape index (κ1) is 15.0. The van der Waals surface area contributed by atoms with Crippen LogP contribution in [0.1, 0.15) is 16.3 Å². The summed E-state index contributed by atoms with van der Waals surface area (Å²) < 4.78 is 5.13. The molecule has 2 heterocycles. The molecule has 1 aromatic carbocycles. The average molecular weight is 329 g/mol. The van der Waals surface area contributed by atoms with Gasteiger partial charge in [0.05, 0.1) is 5.75 Å². The number of furan rings is 1. The number of rotatable bonds is 5. The molecule has 0 bridgehead atoms. The van der Waals surface area contributed by atoms with Gasteiger partial charge in [-0.1, -0.05) is 42.1 Å². The van der Waals surface area contributed by atoms with E-state index in [9.17, 15) is 9.59 Å². The molecule has 0 aliphatic heterocycles. The smallest absolute Gasteiger partial charge is 0.371 e. The quantitative estimate of drug-likeness (QED) is 0.692. The minimum atomic E-state index is -1.12. The number of H-pyrrole nitrogens is 1. The summed E-state index contributed by atoms with van der Waals surface area (Å²) in [5.41, 5.74) is 0.607. The van der Waals surface area contributed by atoms with Crippen LogP contribution in [-0.2, 0) is 5.75 Å². The maximum absolute atomic E-state index is 12.1. The van der Waals surface area contributed by atoms with Crippen molar-refractivity contribution < 1.29 is 14.3 Å². The molecule has 0 unspecified atom stereocenters. The lowest BCUT2D eigenvalue weighted by Crippen LogP contribution is -2.14. The van der Waals surface area contributed by atoms with Gasteiger partial charge in [0.1, 0.15) is 5.76 Å². The van der Waals surface area contributed by atoms with Crippen LogP contribution >= 0.6 is 11.8 Å². The highest BCUT2D eigenvalue weighted by Gasteiger charge is 2.11. The first-order valence-corrected chi connectivity index (χ1v) is 7.59. The van der Waals surface area contributed by atoms with Crippen LogP contribution in [0.4, 0.5) is 0 Å². The zero-order valence-corrected chi connectivity index (χ0v) is 12.5. The van der Waals surface area contributed by atoms with Crippen LogP contribution in [0.15, 0.2) is 56.8 Å². The second-order valence-electron chi connectivity index (χ2n) is 4.53. The van der Waals surface area contributed by atoms with E-state index in [1.165, 1.54) is 17.8 Å². The van der Waals surface area contributed by atoms with E-state index in [4.69, 9.17) is 9.52 Å². The number of hydrogen-bond acceptors (Lipinski definition) is 6. The topological polar surface area (TPSA) is 109 Å². The number of carboxylic acids is 1. The summed E-state index contributed by atoms with van der Waals surface area (Å²) in [7, 11) is 0. The normalized spacial score (nSPS) is 10.6. The van der Waals surface area contributed by atoms with Gasteiger partial charge >= 0.3 is 5.97 Å². The van der Waals surface area contributed by atoms with E-state index in [-0.39, 0.29) is 17.0 Å². The first-order valence-electron chi connectivity index (χ1n) is 6.61. The van der Waals surface area contributed by atoms with E-state index >= 15 is 0 Å². The number of nitrogens with one attached hydrogen (secondary N) is 1. The number of aromatic carboxylic acids is 1. The van der Waals surface area contributed by atoms with Crippen molar-refractivity contribution in [3.63, 3.8) is 0 Å². The van der Waals surface area contributed by atoms with Crippen molar-refractivity contribution in [2.24, 2.45) is 0 Å². The van der Waals surface area contributed by atoms with Crippen LogP contribution in [-0.4, -0.2) is 26.3 Å². The molecule has 0 aliphatic carbocycles. The van der Waals surface area contributed by atoms with Crippen molar-refractivity contribution in [1.29, 1.82) is 0 Å². The van der Waals surface area contributed by atoms with E-state index in [1.54, 1.807) is 18.2 Å². The molecular formula is C15H11N3O4S. The summed E-state index contributed by atoms with van der Waals surface area (Å²) in [4.78, 5) is 25.5. The Kier molecular flexibility index (Phi) is 4.24. The average Bonchev–Trinajstić information content (AvgIpc) is 3.03. The van der Waals surface area contributed by atoms with E-state index < -0.39 is 5.97 Å². The van der Waals surface area contributed by atoms with E-state index in [0.29, 0.717) is 22.2 Å². The molecule has 2 N–H and O–H groups in total. The number of aromatic nitrogens is 3. The molecule has 2 aromatic heterocycles. The van der Waals surface area contributed by atoms with Crippen LogP contribution in [0.3, 0.4) is 0 Å². The Balaban J connectivity index is 1.73. The van der Waals surface area contributed by atoms with Crippen LogP contribution in [0.25, 0.3) is 11.3 Å². The first-order chi connectivity index (χ1) is 11.1. The molecule has 0 amide bonds. The molecule has 0 atom stereocenters. The SMILES string of the molecule is O=C(O)c1ccc(CSc2nnc(-c3ccccc3)c(=O)[nH]2)o1. The number of thioether (sulfide) groups is 1. The van der Waals surface area contributed by atoms with Gasteiger partial charge in [-0.05, 0) is 12.1 Å². The summed E-state index contributed by atoms with van der Waals surface area (Å²) in [6.07, 6.45) is 0. The van der Waals surface area contributed by atoms with Crippen molar-refractivity contribution in [3.05, 3.63) is 64.3 Å². The number of carbonyl (C=O) groups is 1. The van der Waals surface area contributed by atoms with Gasteiger partial charge in [-0.3, -0.25) is 9.78 Å². The van der Waals surface area contributed by atoms with Crippen molar-refractivity contribution in [2.45, 2.75) is 10.9 Å². The van der Waals surface area contributed by atoms with Gasteiger partial charge in [-0.15, -0.1) is 10.2 Å². The number of nitrogens with zero attached hydrogens (tertiary/aromatic N) is 2. The third-order valence-electron chi connectivity index (χ3n) is 2.95. The molecule has 8 heteroatoms. The van der Waals surface area contributed by atoms with Crippen LogP contribution in [0.5, 0.6) is 0 Å². The lowest BCUT2D eigenvalue weighted by atomic mass is 10.2. The molecule has 23 heavy (non-hydrogen) atoms. The monoisotopic (exact) mass is 329 g/mol. The van der Waals surface area contributed by atoms with Gasteiger partial charge in [0, 0.05) is 5.56 Å². The van der Waals surface area contributed by atoms with Gasteiger partial charge in [-0.25, -0.2) is 4.79 Å². The largest absolute Gasteiger partial charge is 0.475 e. The van der Waals surface area contributed by atoms with E-state index in [2.05, 4.69) is 15.2 Å². The molecule has 3 rings (SSSR count). The predicted octanol–water partition coefficient (Wildman–Crippen LogP) is 2.42. The van der Waals surface area contributed by atoms with Crippen LogP contribution in [0.2, 0.25) is 0 Å². The summed E-state index contributed by atoms with van der Waals surface area (Å²) in [6.45, 7) is 0. The second-order valence-corrected chi connectivity index (χ2v) is 5.50.